The maximum absolute atomic E-state index is 11.0. The summed E-state index contributed by atoms with van der Waals surface area (Å²) in [4.78, 5) is 17.3. The highest BCUT2D eigenvalue weighted by molar-refractivity contribution is 8.14. The minimum Gasteiger partial charge on any atom is -0.349 e. The predicted octanol–water partition coefficient (Wildman–Crippen LogP) is 1.44. The summed E-state index contributed by atoms with van der Waals surface area (Å²) in [5.74, 6) is 1.72. The molecule has 0 aromatic heterocycles. The average Bonchev–Trinajstić information content (AvgIpc) is 2.65. The van der Waals surface area contributed by atoms with E-state index in [0.29, 0.717) is 11.0 Å². The van der Waals surface area contributed by atoms with E-state index in [1.165, 1.54) is 6.42 Å². The van der Waals surface area contributed by atoms with Crippen molar-refractivity contribution in [2.45, 2.75) is 18.6 Å². The molecule has 0 bridgehead atoms. The third-order valence-corrected chi connectivity index (χ3v) is 4.78. The van der Waals surface area contributed by atoms with Crippen LogP contribution in [-0.4, -0.2) is 45.8 Å². The Hall–Kier alpha value is -0.160. The first-order valence-electron chi connectivity index (χ1n) is 4.90. The quantitative estimate of drug-likeness (QED) is 0.682. The van der Waals surface area contributed by atoms with Crippen LogP contribution in [0.3, 0.4) is 0 Å². The molecule has 1 amide bonds. The van der Waals surface area contributed by atoms with Crippen molar-refractivity contribution in [3.63, 3.8) is 0 Å². The standard InChI is InChI=1S/C9H14N2OS2/c1-2-7-5-11(3-4-13-7)9-10-8(12)6-14-9/h7H,2-6H2,1H3. The van der Waals surface area contributed by atoms with Crippen molar-refractivity contribution in [2.24, 2.45) is 4.99 Å². The number of amides is 1. The highest BCUT2D eigenvalue weighted by Crippen LogP contribution is 2.25. The monoisotopic (exact) mass is 230 g/mol. The summed E-state index contributed by atoms with van der Waals surface area (Å²) in [6.45, 7) is 4.32. The molecule has 1 saturated heterocycles. The van der Waals surface area contributed by atoms with Gasteiger partial charge in [-0.25, -0.2) is 0 Å². The molecule has 0 aliphatic carbocycles. The van der Waals surface area contributed by atoms with Crippen LogP contribution in [0.4, 0.5) is 0 Å². The van der Waals surface area contributed by atoms with E-state index in [1.54, 1.807) is 11.8 Å². The van der Waals surface area contributed by atoms with Crippen molar-refractivity contribution < 1.29 is 4.79 Å². The Balaban J connectivity index is 1.97. The van der Waals surface area contributed by atoms with Crippen LogP contribution in [0.15, 0.2) is 4.99 Å². The number of rotatable bonds is 1. The maximum atomic E-state index is 11.0. The molecule has 2 aliphatic rings. The molecule has 0 aromatic rings. The van der Waals surface area contributed by atoms with Crippen LogP contribution in [-0.2, 0) is 4.79 Å². The topological polar surface area (TPSA) is 32.7 Å². The van der Waals surface area contributed by atoms with Gasteiger partial charge in [0.1, 0.15) is 0 Å². The molecule has 0 spiro atoms. The van der Waals surface area contributed by atoms with Crippen LogP contribution in [0.1, 0.15) is 13.3 Å². The first-order chi connectivity index (χ1) is 6.79. The van der Waals surface area contributed by atoms with Gasteiger partial charge >= 0.3 is 0 Å². The van der Waals surface area contributed by atoms with E-state index in [-0.39, 0.29) is 5.91 Å². The average molecular weight is 230 g/mol. The molecular weight excluding hydrogens is 216 g/mol. The number of carbonyl (C=O) groups is 1. The molecule has 2 rings (SSSR count). The van der Waals surface area contributed by atoms with Gasteiger partial charge in [0.25, 0.3) is 5.91 Å². The van der Waals surface area contributed by atoms with Crippen LogP contribution in [0.5, 0.6) is 0 Å². The van der Waals surface area contributed by atoms with E-state index in [1.807, 2.05) is 11.8 Å². The zero-order valence-corrected chi connectivity index (χ0v) is 9.87. The van der Waals surface area contributed by atoms with E-state index < -0.39 is 0 Å². The van der Waals surface area contributed by atoms with Gasteiger partial charge in [-0.15, -0.1) is 0 Å². The predicted molar refractivity (Wildman–Crippen MR) is 63.0 cm³/mol. The number of nitrogens with zero attached hydrogens (tertiary/aromatic N) is 2. The van der Waals surface area contributed by atoms with Gasteiger partial charge in [0.05, 0.1) is 5.75 Å². The van der Waals surface area contributed by atoms with Crippen molar-refractivity contribution in [3.05, 3.63) is 0 Å². The Morgan fingerprint density at radius 2 is 2.50 bits per heavy atom. The molecule has 14 heavy (non-hydrogen) atoms. The second kappa shape index (κ2) is 4.57. The molecule has 78 valence electrons. The number of hydrogen-bond acceptors (Lipinski definition) is 4. The van der Waals surface area contributed by atoms with Crippen LogP contribution < -0.4 is 0 Å². The van der Waals surface area contributed by atoms with Crippen LogP contribution in [0.2, 0.25) is 0 Å². The lowest BCUT2D eigenvalue weighted by molar-refractivity contribution is -0.115. The lowest BCUT2D eigenvalue weighted by Crippen LogP contribution is -2.40. The van der Waals surface area contributed by atoms with Crippen molar-refractivity contribution in [3.8, 4) is 0 Å². The fourth-order valence-corrected chi connectivity index (χ4v) is 3.61. The van der Waals surface area contributed by atoms with Gasteiger partial charge in [-0.1, -0.05) is 18.7 Å². The third-order valence-electron chi connectivity index (χ3n) is 2.41. The summed E-state index contributed by atoms with van der Waals surface area (Å²) < 4.78 is 0. The molecule has 2 heterocycles. The Kier molecular flexibility index (Phi) is 3.38. The zero-order chi connectivity index (χ0) is 9.97. The molecular formula is C9H14N2OS2. The number of carbonyl (C=O) groups excluding carboxylic acids is 1. The first-order valence-corrected chi connectivity index (χ1v) is 6.94. The van der Waals surface area contributed by atoms with E-state index >= 15 is 0 Å². The molecule has 2 aliphatic heterocycles. The summed E-state index contributed by atoms with van der Waals surface area (Å²) in [7, 11) is 0. The summed E-state index contributed by atoms with van der Waals surface area (Å²) >= 11 is 3.62. The van der Waals surface area contributed by atoms with Crippen molar-refractivity contribution in [2.75, 3.05) is 24.6 Å². The first kappa shape index (κ1) is 10.4. The lowest BCUT2D eigenvalue weighted by atomic mass is 10.3. The summed E-state index contributed by atoms with van der Waals surface area (Å²) in [5.41, 5.74) is 0. The minimum absolute atomic E-state index is 0.0243. The number of thioether (sulfide) groups is 2. The summed E-state index contributed by atoms with van der Waals surface area (Å²) in [6.07, 6.45) is 1.20. The highest BCUT2D eigenvalue weighted by atomic mass is 32.2. The van der Waals surface area contributed by atoms with E-state index in [9.17, 15) is 4.79 Å². The van der Waals surface area contributed by atoms with E-state index in [4.69, 9.17) is 0 Å². The molecule has 5 heteroatoms. The van der Waals surface area contributed by atoms with Gasteiger partial charge < -0.3 is 4.90 Å². The Morgan fingerprint density at radius 1 is 1.64 bits per heavy atom. The highest BCUT2D eigenvalue weighted by Gasteiger charge is 2.25. The Bertz CT molecular complexity index is 268. The van der Waals surface area contributed by atoms with Gasteiger partial charge in [-0.2, -0.15) is 16.8 Å². The zero-order valence-electron chi connectivity index (χ0n) is 8.23. The SMILES string of the molecule is CCC1CN(C2=NC(=O)CS2)CCS1. The van der Waals surface area contributed by atoms with E-state index in [2.05, 4.69) is 16.8 Å². The van der Waals surface area contributed by atoms with Gasteiger partial charge in [0.2, 0.25) is 0 Å². The lowest BCUT2D eigenvalue weighted by Gasteiger charge is -2.32. The fraction of sp³-hybridized carbons (Fsp3) is 0.778. The number of hydrogen-bond donors (Lipinski definition) is 0. The van der Waals surface area contributed by atoms with E-state index in [0.717, 1.165) is 24.0 Å². The molecule has 1 fully saturated rings. The van der Waals surface area contributed by atoms with Crippen molar-refractivity contribution in [1.82, 2.24) is 4.90 Å². The molecule has 1 atom stereocenters. The van der Waals surface area contributed by atoms with Gasteiger partial charge in [-0.05, 0) is 6.42 Å². The van der Waals surface area contributed by atoms with Crippen molar-refractivity contribution in [1.29, 1.82) is 0 Å². The Morgan fingerprint density at radius 3 is 3.14 bits per heavy atom. The van der Waals surface area contributed by atoms with Crippen LogP contribution >= 0.6 is 23.5 Å². The van der Waals surface area contributed by atoms with Crippen LogP contribution in [0, 0.1) is 0 Å². The third kappa shape index (κ3) is 2.25. The van der Waals surface area contributed by atoms with Gasteiger partial charge in [0.15, 0.2) is 5.17 Å². The maximum Gasteiger partial charge on any atom is 0.258 e. The fourth-order valence-electron chi connectivity index (χ4n) is 1.60. The summed E-state index contributed by atoms with van der Waals surface area (Å²) in [6, 6.07) is 0. The molecule has 0 aromatic carbocycles. The van der Waals surface area contributed by atoms with Crippen LogP contribution in [0.25, 0.3) is 0 Å². The normalized spacial score (nSPS) is 28.1. The minimum atomic E-state index is 0.0243. The van der Waals surface area contributed by atoms with Gasteiger partial charge in [0, 0.05) is 24.1 Å². The number of amidine groups is 1. The second-order valence-corrected chi connectivity index (χ2v) is 5.77. The molecule has 0 N–H and O–H groups in total. The smallest absolute Gasteiger partial charge is 0.258 e. The second-order valence-electron chi connectivity index (χ2n) is 3.42. The molecule has 0 radical (unpaired) electrons. The molecule has 1 unspecified atom stereocenters. The molecule has 3 nitrogen and oxygen atoms in total. The van der Waals surface area contributed by atoms with Crippen molar-refractivity contribution >= 4 is 34.6 Å². The number of aliphatic imine (C=N–C) groups is 1. The van der Waals surface area contributed by atoms with Gasteiger partial charge in [-0.3, -0.25) is 4.79 Å². The molecule has 0 saturated carbocycles. The Labute approximate surface area is 92.7 Å². The largest absolute Gasteiger partial charge is 0.349 e. The summed E-state index contributed by atoms with van der Waals surface area (Å²) in [5, 5.41) is 1.66.